The lowest BCUT2D eigenvalue weighted by atomic mass is 9.97. The molecule has 8 heteroatoms. The van der Waals surface area contributed by atoms with E-state index < -0.39 is 9.84 Å². The van der Waals surface area contributed by atoms with E-state index >= 15 is 0 Å². The van der Waals surface area contributed by atoms with Crippen molar-refractivity contribution in [1.29, 1.82) is 0 Å². The lowest BCUT2D eigenvalue weighted by Crippen LogP contribution is -2.43. The molecule has 1 atom stereocenters. The van der Waals surface area contributed by atoms with Crippen LogP contribution in [-0.4, -0.2) is 55.4 Å². The molecule has 0 radical (unpaired) electrons. The van der Waals surface area contributed by atoms with Gasteiger partial charge in [0.15, 0.2) is 9.84 Å². The zero-order valence-electron chi connectivity index (χ0n) is 17.4. The molecule has 0 aliphatic carbocycles. The summed E-state index contributed by atoms with van der Waals surface area (Å²) in [5.41, 5.74) is 1.62. The molecule has 1 aromatic heterocycles. The number of hydrogen-bond donors (Lipinski definition) is 0. The average Bonchev–Trinajstić information content (AvgIpc) is 3.32. The Morgan fingerprint density at radius 2 is 1.90 bits per heavy atom. The van der Waals surface area contributed by atoms with Crippen LogP contribution in [0.3, 0.4) is 0 Å². The third-order valence-corrected chi connectivity index (χ3v) is 7.89. The van der Waals surface area contributed by atoms with Gasteiger partial charge in [-0.15, -0.1) is 11.8 Å². The molecule has 0 N–H and O–H groups in total. The summed E-state index contributed by atoms with van der Waals surface area (Å²) in [7, 11) is -3.21. The molecular weight excluding hydrogens is 432 g/mol. The van der Waals surface area contributed by atoms with E-state index in [1.54, 1.807) is 42.2 Å². The summed E-state index contributed by atoms with van der Waals surface area (Å²) in [6.07, 6.45) is 7.71. The normalized spacial score (nSPS) is 19.5. The SMILES string of the molecule is CS(=O)(=O)c1ccc(-c2ccc(OCC3CCN(C(=O)C4CC=CS4)CC3)cn2)cc1. The number of allylic oxidation sites excluding steroid dienone is 1. The molecule has 6 nitrogen and oxygen atoms in total. The lowest BCUT2D eigenvalue weighted by Gasteiger charge is -2.33. The second-order valence-corrected chi connectivity index (χ2v) is 11.1. The maximum absolute atomic E-state index is 12.5. The number of thioether (sulfide) groups is 1. The van der Waals surface area contributed by atoms with Gasteiger partial charge in [0.25, 0.3) is 0 Å². The van der Waals surface area contributed by atoms with E-state index in [1.165, 1.54) is 6.26 Å². The van der Waals surface area contributed by atoms with E-state index in [-0.39, 0.29) is 11.2 Å². The molecule has 0 bridgehead atoms. The molecule has 1 amide bonds. The Hall–Kier alpha value is -2.32. The molecule has 2 aliphatic rings. The van der Waals surface area contributed by atoms with Gasteiger partial charge in [-0.25, -0.2) is 8.42 Å². The predicted molar refractivity (Wildman–Crippen MR) is 123 cm³/mol. The minimum atomic E-state index is -3.21. The number of nitrogens with zero attached hydrogens (tertiary/aromatic N) is 2. The Labute approximate surface area is 187 Å². The second-order valence-electron chi connectivity index (χ2n) is 7.99. The molecule has 4 rings (SSSR count). The first-order valence-corrected chi connectivity index (χ1v) is 13.2. The van der Waals surface area contributed by atoms with Crippen molar-refractivity contribution in [3.8, 4) is 17.0 Å². The minimum absolute atomic E-state index is 0.0694. The molecule has 1 fully saturated rings. The number of piperidine rings is 1. The molecule has 2 aliphatic heterocycles. The fourth-order valence-electron chi connectivity index (χ4n) is 3.79. The number of benzene rings is 1. The Morgan fingerprint density at radius 3 is 2.48 bits per heavy atom. The highest BCUT2D eigenvalue weighted by atomic mass is 32.2. The standard InChI is InChI=1S/C23H26N2O4S2/c1-31(27,28)20-7-4-18(5-8-20)21-9-6-19(15-24-21)29-16-17-10-12-25(13-11-17)23(26)22-3-2-14-30-22/h2,4-9,14-15,17,22H,3,10-13,16H2,1H3. The Balaban J connectivity index is 1.26. The van der Waals surface area contributed by atoms with E-state index in [0.717, 1.165) is 43.6 Å². The third-order valence-electron chi connectivity index (χ3n) is 5.69. The van der Waals surface area contributed by atoms with Crippen LogP contribution >= 0.6 is 11.8 Å². The predicted octanol–water partition coefficient (Wildman–Crippen LogP) is 3.79. The fourth-order valence-corrected chi connectivity index (χ4v) is 5.32. The van der Waals surface area contributed by atoms with Gasteiger partial charge >= 0.3 is 0 Å². The number of ether oxygens (including phenoxy) is 1. The highest BCUT2D eigenvalue weighted by molar-refractivity contribution is 8.03. The first kappa shape index (κ1) is 21.9. The number of carbonyl (C=O) groups is 1. The van der Waals surface area contributed by atoms with Gasteiger partial charge in [0.05, 0.1) is 28.6 Å². The molecular formula is C23H26N2O4S2. The van der Waals surface area contributed by atoms with Crippen LogP contribution in [0.5, 0.6) is 5.75 Å². The summed E-state index contributed by atoms with van der Waals surface area (Å²) in [6, 6.07) is 10.5. The van der Waals surface area contributed by atoms with Crippen LogP contribution in [0.4, 0.5) is 0 Å². The summed E-state index contributed by atoms with van der Waals surface area (Å²) in [5.74, 6) is 1.41. The summed E-state index contributed by atoms with van der Waals surface area (Å²) in [6.45, 7) is 2.21. The minimum Gasteiger partial charge on any atom is -0.492 e. The van der Waals surface area contributed by atoms with E-state index in [4.69, 9.17) is 4.74 Å². The summed E-state index contributed by atoms with van der Waals surface area (Å²) >= 11 is 1.62. The molecule has 3 heterocycles. The number of aromatic nitrogens is 1. The van der Waals surface area contributed by atoms with Crippen molar-refractivity contribution < 1.29 is 17.9 Å². The van der Waals surface area contributed by atoms with Gasteiger partial charge in [-0.05, 0) is 54.9 Å². The monoisotopic (exact) mass is 458 g/mol. The van der Waals surface area contributed by atoms with Crippen LogP contribution in [0.2, 0.25) is 0 Å². The Bertz CT molecular complexity index is 1030. The van der Waals surface area contributed by atoms with Crippen molar-refractivity contribution in [3.05, 3.63) is 54.1 Å². The average molecular weight is 459 g/mol. The zero-order chi connectivity index (χ0) is 21.8. The van der Waals surface area contributed by atoms with Crippen molar-refractivity contribution >= 4 is 27.5 Å². The number of hydrogen-bond acceptors (Lipinski definition) is 6. The Kier molecular flexibility index (Phi) is 6.67. The van der Waals surface area contributed by atoms with Crippen molar-refractivity contribution in [2.75, 3.05) is 26.0 Å². The van der Waals surface area contributed by atoms with Crippen molar-refractivity contribution in [2.45, 2.75) is 29.4 Å². The molecule has 1 unspecified atom stereocenters. The van der Waals surface area contributed by atoms with E-state index in [0.29, 0.717) is 23.2 Å². The topological polar surface area (TPSA) is 76.6 Å². The Morgan fingerprint density at radius 1 is 1.16 bits per heavy atom. The summed E-state index contributed by atoms with van der Waals surface area (Å²) in [5, 5.41) is 2.09. The smallest absolute Gasteiger partial charge is 0.236 e. The van der Waals surface area contributed by atoms with Gasteiger partial charge in [0.2, 0.25) is 5.91 Å². The number of carbonyl (C=O) groups excluding carboxylic acids is 1. The molecule has 0 saturated carbocycles. The molecule has 164 valence electrons. The van der Waals surface area contributed by atoms with Crippen molar-refractivity contribution in [2.24, 2.45) is 5.92 Å². The van der Waals surface area contributed by atoms with Gasteiger partial charge in [0.1, 0.15) is 5.75 Å². The first-order valence-electron chi connectivity index (χ1n) is 10.4. The number of amides is 1. The lowest BCUT2D eigenvalue weighted by molar-refractivity contribution is -0.132. The maximum Gasteiger partial charge on any atom is 0.236 e. The highest BCUT2D eigenvalue weighted by Gasteiger charge is 2.29. The van der Waals surface area contributed by atoms with Crippen molar-refractivity contribution in [3.63, 3.8) is 0 Å². The molecule has 0 spiro atoms. The van der Waals surface area contributed by atoms with Gasteiger partial charge in [-0.3, -0.25) is 9.78 Å². The molecule has 1 aromatic carbocycles. The van der Waals surface area contributed by atoms with Gasteiger partial charge in [-0.2, -0.15) is 0 Å². The second kappa shape index (κ2) is 9.44. The fraction of sp³-hybridized carbons (Fsp3) is 0.391. The van der Waals surface area contributed by atoms with Crippen LogP contribution in [0.1, 0.15) is 19.3 Å². The van der Waals surface area contributed by atoms with E-state index in [9.17, 15) is 13.2 Å². The molecule has 2 aromatic rings. The number of rotatable bonds is 6. The highest BCUT2D eigenvalue weighted by Crippen LogP contribution is 2.28. The van der Waals surface area contributed by atoms with Crippen LogP contribution in [0, 0.1) is 5.92 Å². The van der Waals surface area contributed by atoms with E-state index in [2.05, 4.69) is 11.1 Å². The number of sulfone groups is 1. The largest absolute Gasteiger partial charge is 0.492 e. The molecule has 31 heavy (non-hydrogen) atoms. The van der Waals surface area contributed by atoms with Gasteiger partial charge in [-0.1, -0.05) is 18.2 Å². The summed E-state index contributed by atoms with van der Waals surface area (Å²) in [4.78, 5) is 19.2. The van der Waals surface area contributed by atoms with Crippen LogP contribution in [-0.2, 0) is 14.6 Å². The zero-order valence-corrected chi connectivity index (χ0v) is 19.1. The maximum atomic E-state index is 12.5. The van der Waals surface area contributed by atoms with Crippen LogP contribution in [0.15, 0.2) is 59.0 Å². The quantitative estimate of drug-likeness (QED) is 0.656. The summed E-state index contributed by atoms with van der Waals surface area (Å²) < 4.78 is 29.1. The number of pyridine rings is 1. The van der Waals surface area contributed by atoms with Crippen LogP contribution < -0.4 is 4.74 Å². The first-order chi connectivity index (χ1) is 14.9. The van der Waals surface area contributed by atoms with Gasteiger partial charge in [0, 0.05) is 24.9 Å². The van der Waals surface area contributed by atoms with Crippen molar-refractivity contribution in [1.82, 2.24) is 9.88 Å². The van der Waals surface area contributed by atoms with Crippen LogP contribution in [0.25, 0.3) is 11.3 Å². The third kappa shape index (κ3) is 5.49. The number of likely N-dealkylation sites (tertiary alicyclic amines) is 1. The molecule has 1 saturated heterocycles. The van der Waals surface area contributed by atoms with E-state index in [1.807, 2.05) is 22.4 Å². The van der Waals surface area contributed by atoms with Gasteiger partial charge < -0.3 is 9.64 Å².